The largest absolute Gasteiger partial charge is 0.478 e. The third kappa shape index (κ3) is 2.30. The maximum absolute atomic E-state index is 11.6. The van der Waals surface area contributed by atoms with Crippen LogP contribution in [0, 0.1) is 0 Å². The summed E-state index contributed by atoms with van der Waals surface area (Å²) in [7, 11) is 0. The van der Waals surface area contributed by atoms with Gasteiger partial charge in [-0.05, 0) is 36.3 Å². The summed E-state index contributed by atoms with van der Waals surface area (Å²) in [6.45, 7) is 1.98. The van der Waals surface area contributed by atoms with Gasteiger partial charge >= 0.3 is 5.97 Å². The van der Waals surface area contributed by atoms with E-state index in [1.54, 1.807) is 36.4 Å². The molecule has 0 bridgehead atoms. The summed E-state index contributed by atoms with van der Waals surface area (Å²) < 4.78 is 5.91. The summed E-state index contributed by atoms with van der Waals surface area (Å²) in [6, 6.07) is 10.7. The lowest BCUT2D eigenvalue weighted by Gasteiger charge is -2.12. The van der Waals surface area contributed by atoms with Gasteiger partial charge in [-0.2, -0.15) is 0 Å². The Balaban J connectivity index is 2.33. The van der Waals surface area contributed by atoms with Crippen LogP contribution in [0.5, 0.6) is 11.5 Å². The Morgan fingerprint density at radius 1 is 1.19 bits per heavy atom. The predicted octanol–water partition coefficient (Wildman–Crippen LogP) is 4.63. The minimum absolute atomic E-state index is 0.210. The molecule has 0 saturated heterocycles. The number of rotatable bonds is 2. The monoisotopic (exact) mass is 300 g/mol. The number of carboxylic acids is 1. The number of hydrogen-bond acceptors (Lipinski definition) is 2. The number of para-hydroxylation sites is 1. The molecule has 1 N–H and O–H groups in total. The predicted molar refractivity (Wildman–Crippen MR) is 82.9 cm³/mol. The Morgan fingerprint density at radius 2 is 1.95 bits per heavy atom. The van der Waals surface area contributed by atoms with E-state index in [9.17, 15) is 9.90 Å². The van der Waals surface area contributed by atoms with E-state index in [1.165, 1.54) is 0 Å². The molecule has 3 nitrogen and oxygen atoms in total. The quantitative estimate of drug-likeness (QED) is 0.879. The second kappa shape index (κ2) is 5.26. The van der Waals surface area contributed by atoms with Crippen molar-refractivity contribution in [3.05, 3.63) is 58.1 Å². The molecule has 1 heterocycles. The zero-order valence-electron chi connectivity index (χ0n) is 11.4. The van der Waals surface area contributed by atoms with E-state index in [0.29, 0.717) is 28.5 Å². The number of carboxylic acid groups (broad SMARTS) is 1. The minimum atomic E-state index is -0.985. The van der Waals surface area contributed by atoms with Gasteiger partial charge in [0.2, 0.25) is 0 Å². The molecule has 0 spiro atoms. The van der Waals surface area contributed by atoms with E-state index in [1.807, 2.05) is 13.0 Å². The molecule has 106 valence electrons. The van der Waals surface area contributed by atoms with Gasteiger partial charge in [-0.3, -0.25) is 0 Å². The molecule has 0 radical (unpaired) electrons. The third-order valence-corrected chi connectivity index (χ3v) is 3.88. The van der Waals surface area contributed by atoms with Gasteiger partial charge in [0.05, 0.1) is 5.57 Å². The summed E-state index contributed by atoms with van der Waals surface area (Å²) in [5.41, 5.74) is 2.40. The first-order valence-electron chi connectivity index (χ1n) is 6.65. The van der Waals surface area contributed by atoms with Crippen molar-refractivity contribution in [3.8, 4) is 11.5 Å². The Labute approximate surface area is 127 Å². The van der Waals surface area contributed by atoms with Crippen LogP contribution < -0.4 is 4.74 Å². The highest BCUT2D eigenvalue weighted by Gasteiger charge is 2.22. The number of ether oxygens (including phenoxy) is 1. The van der Waals surface area contributed by atoms with E-state index < -0.39 is 5.97 Å². The van der Waals surface area contributed by atoms with E-state index in [4.69, 9.17) is 16.3 Å². The summed E-state index contributed by atoms with van der Waals surface area (Å²) in [5.74, 6) is 0.176. The van der Waals surface area contributed by atoms with Crippen molar-refractivity contribution in [2.75, 3.05) is 0 Å². The number of halogens is 1. The van der Waals surface area contributed by atoms with Crippen molar-refractivity contribution >= 4 is 29.2 Å². The van der Waals surface area contributed by atoms with Crippen LogP contribution in [0.3, 0.4) is 0 Å². The van der Waals surface area contributed by atoms with Crippen LogP contribution in [-0.4, -0.2) is 11.1 Å². The zero-order valence-corrected chi connectivity index (χ0v) is 12.1. The van der Waals surface area contributed by atoms with Gasteiger partial charge in [0, 0.05) is 16.1 Å². The van der Waals surface area contributed by atoms with Crippen LogP contribution in [0.1, 0.15) is 23.6 Å². The Morgan fingerprint density at radius 3 is 2.67 bits per heavy atom. The van der Waals surface area contributed by atoms with Gasteiger partial charge in [-0.1, -0.05) is 36.7 Å². The van der Waals surface area contributed by atoms with E-state index in [-0.39, 0.29) is 5.57 Å². The second-order valence-corrected chi connectivity index (χ2v) is 5.16. The van der Waals surface area contributed by atoms with Crippen molar-refractivity contribution < 1.29 is 14.6 Å². The smallest absolute Gasteiger partial charge is 0.336 e. The summed E-state index contributed by atoms with van der Waals surface area (Å²) in [6.07, 6.45) is 2.35. The molecular formula is C17H13ClO3. The van der Waals surface area contributed by atoms with Crippen LogP contribution in [0.25, 0.3) is 11.6 Å². The van der Waals surface area contributed by atoms with Gasteiger partial charge in [0.25, 0.3) is 0 Å². The highest BCUT2D eigenvalue weighted by molar-refractivity contribution is 6.32. The average Bonchev–Trinajstić information content (AvgIpc) is 2.64. The molecule has 0 unspecified atom stereocenters. The number of fused-ring (bicyclic) bond motifs is 2. The summed E-state index contributed by atoms with van der Waals surface area (Å²) >= 11 is 6.22. The summed E-state index contributed by atoms with van der Waals surface area (Å²) in [5, 5.41) is 10.1. The lowest BCUT2D eigenvalue weighted by Crippen LogP contribution is -1.99. The highest BCUT2D eigenvalue weighted by Crippen LogP contribution is 2.41. The van der Waals surface area contributed by atoms with Crippen LogP contribution in [0.4, 0.5) is 0 Å². The topological polar surface area (TPSA) is 46.5 Å². The molecule has 2 aromatic rings. The van der Waals surface area contributed by atoms with E-state index in [2.05, 4.69) is 0 Å². The first-order valence-corrected chi connectivity index (χ1v) is 7.03. The second-order valence-electron chi connectivity index (χ2n) is 4.75. The van der Waals surface area contributed by atoms with Crippen molar-refractivity contribution in [1.29, 1.82) is 0 Å². The molecule has 3 rings (SSSR count). The van der Waals surface area contributed by atoms with Gasteiger partial charge in [-0.25, -0.2) is 4.79 Å². The van der Waals surface area contributed by atoms with Gasteiger partial charge in [0.1, 0.15) is 11.5 Å². The molecule has 1 aliphatic rings. The molecule has 0 fully saturated rings. The van der Waals surface area contributed by atoms with Gasteiger partial charge < -0.3 is 9.84 Å². The van der Waals surface area contributed by atoms with Crippen molar-refractivity contribution in [2.24, 2.45) is 0 Å². The standard InChI is InChI=1S/C17H13ClO3/c1-2-10-12-9-13(17(19)20)11-5-3-4-6-15(11)21-16(12)8-7-14(10)18/h3-9H,2H2,1H3,(H,19,20). The SMILES string of the molecule is CCc1c(Cl)ccc2c1C=C(C(=O)O)c1ccccc1O2. The number of benzene rings is 2. The zero-order chi connectivity index (χ0) is 15.0. The van der Waals surface area contributed by atoms with Crippen molar-refractivity contribution in [2.45, 2.75) is 13.3 Å². The maximum atomic E-state index is 11.6. The third-order valence-electron chi connectivity index (χ3n) is 3.53. The van der Waals surface area contributed by atoms with Crippen LogP contribution in [-0.2, 0) is 11.2 Å². The fourth-order valence-electron chi connectivity index (χ4n) is 2.52. The molecule has 0 atom stereocenters. The number of hydrogen-bond donors (Lipinski definition) is 1. The van der Waals surface area contributed by atoms with Crippen molar-refractivity contribution in [3.63, 3.8) is 0 Å². The lowest BCUT2D eigenvalue weighted by molar-refractivity contribution is -0.130. The Bertz CT molecular complexity index is 763. The van der Waals surface area contributed by atoms with Crippen LogP contribution in [0.2, 0.25) is 5.02 Å². The first-order chi connectivity index (χ1) is 10.1. The first kappa shape index (κ1) is 13.7. The fourth-order valence-corrected chi connectivity index (χ4v) is 2.82. The molecule has 0 aliphatic carbocycles. The van der Waals surface area contributed by atoms with Crippen LogP contribution in [0.15, 0.2) is 36.4 Å². The molecule has 0 aromatic heterocycles. The maximum Gasteiger partial charge on any atom is 0.336 e. The van der Waals surface area contributed by atoms with Gasteiger partial charge in [0.15, 0.2) is 0 Å². The molecule has 0 saturated carbocycles. The minimum Gasteiger partial charge on any atom is -0.478 e. The number of carbonyl (C=O) groups is 1. The molecule has 1 aliphatic heterocycles. The van der Waals surface area contributed by atoms with E-state index >= 15 is 0 Å². The van der Waals surface area contributed by atoms with Crippen LogP contribution >= 0.6 is 11.6 Å². The Hall–Kier alpha value is -2.26. The molecule has 4 heteroatoms. The molecular weight excluding hydrogens is 288 g/mol. The molecule has 21 heavy (non-hydrogen) atoms. The average molecular weight is 301 g/mol. The normalized spacial score (nSPS) is 12.6. The Kier molecular flexibility index (Phi) is 3.43. The highest BCUT2D eigenvalue weighted by atomic mass is 35.5. The lowest BCUT2D eigenvalue weighted by atomic mass is 9.99. The fraction of sp³-hybridized carbons (Fsp3) is 0.118. The number of aliphatic carboxylic acids is 1. The van der Waals surface area contributed by atoms with Gasteiger partial charge in [-0.15, -0.1) is 0 Å². The summed E-state index contributed by atoms with van der Waals surface area (Å²) in [4.78, 5) is 11.6. The molecule has 0 amide bonds. The van der Waals surface area contributed by atoms with E-state index in [0.717, 1.165) is 11.1 Å². The van der Waals surface area contributed by atoms with Crippen molar-refractivity contribution in [1.82, 2.24) is 0 Å². The molecule has 2 aromatic carbocycles.